The van der Waals surface area contributed by atoms with Crippen molar-refractivity contribution in [1.82, 2.24) is 20.7 Å². The molecule has 0 aliphatic carbocycles. The van der Waals surface area contributed by atoms with Gasteiger partial charge in [0.05, 0.1) is 12.2 Å². The first-order valence-electron chi connectivity index (χ1n) is 10.7. The third kappa shape index (κ3) is 7.58. The minimum atomic E-state index is 0. The number of aromatic nitrogens is 1. The van der Waals surface area contributed by atoms with Crippen LogP contribution in [0.5, 0.6) is 0 Å². The molecule has 1 aromatic carbocycles. The van der Waals surface area contributed by atoms with Crippen LogP contribution in [0.15, 0.2) is 39.8 Å². The zero-order chi connectivity index (χ0) is 20.6. The second kappa shape index (κ2) is 12.3. The average Bonchev–Trinajstić information content (AvgIpc) is 3.19. The Bertz CT molecular complexity index is 787. The molecule has 1 aliphatic rings. The van der Waals surface area contributed by atoms with Gasteiger partial charge in [-0.25, -0.2) is 0 Å². The molecule has 1 atom stereocenters. The van der Waals surface area contributed by atoms with Crippen LogP contribution in [0.1, 0.15) is 62.1 Å². The summed E-state index contributed by atoms with van der Waals surface area (Å²) < 4.78 is 5.37. The number of guanidine groups is 1. The Kier molecular flexibility index (Phi) is 10.1. The average molecular weight is 525 g/mol. The fraction of sp³-hybridized carbons (Fsp3) is 0.565. The first-order chi connectivity index (χ1) is 14.0. The molecule has 1 saturated heterocycles. The van der Waals surface area contributed by atoms with Gasteiger partial charge in [0, 0.05) is 32.7 Å². The van der Waals surface area contributed by atoms with Gasteiger partial charge < -0.3 is 15.2 Å². The molecule has 1 unspecified atom stereocenters. The third-order valence-corrected chi connectivity index (χ3v) is 5.45. The highest BCUT2D eigenvalue weighted by atomic mass is 127. The predicted octanol–water partition coefficient (Wildman–Crippen LogP) is 4.51. The van der Waals surface area contributed by atoms with Gasteiger partial charge in [-0.05, 0) is 42.3 Å². The maximum atomic E-state index is 5.37. The Morgan fingerprint density at radius 1 is 1.20 bits per heavy atom. The van der Waals surface area contributed by atoms with Crippen LogP contribution in [0, 0.1) is 5.92 Å². The lowest BCUT2D eigenvalue weighted by atomic mass is 9.99. The lowest BCUT2D eigenvalue weighted by Gasteiger charge is -2.30. The van der Waals surface area contributed by atoms with Crippen LogP contribution in [-0.4, -0.2) is 36.2 Å². The molecule has 0 saturated carbocycles. The zero-order valence-corrected chi connectivity index (χ0v) is 21.0. The van der Waals surface area contributed by atoms with E-state index in [4.69, 9.17) is 4.52 Å². The van der Waals surface area contributed by atoms with Gasteiger partial charge >= 0.3 is 0 Å². The number of likely N-dealkylation sites (tertiary alicyclic amines) is 1. The number of hydrogen-bond donors (Lipinski definition) is 2. The molecule has 0 amide bonds. The zero-order valence-electron chi connectivity index (χ0n) is 18.6. The molecule has 166 valence electrons. The predicted molar refractivity (Wildman–Crippen MR) is 133 cm³/mol. The summed E-state index contributed by atoms with van der Waals surface area (Å²) >= 11 is 0. The van der Waals surface area contributed by atoms with E-state index in [2.05, 4.69) is 70.7 Å². The summed E-state index contributed by atoms with van der Waals surface area (Å²) in [6, 6.07) is 10.9. The molecule has 0 spiro atoms. The first kappa shape index (κ1) is 24.7. The van der Waals surface area contributed by atoms with Crippen molar-refractivity contribution in [2.75, 3.05) is 20.1 Å². The fourth-order valence-electron chi connectivity index (χ4n) is 3.71. The number of benzene rings is 1. The maximum absolute atomic E-state index is 5.37. The van der Waals surface area contributed by atoms with Gasteiger partial charge in [0.15, 0.2) is 11.7 Å². The van der Waals surface area contributed by atoms with Crippen molar-refractivity contribution in [2.24, 2.45) is 10.9 Å². The van der Waals surface area contributed by atoms with Crippen LogP contribution in [0.3, 0.4) is 0 Å². The summed E-state index contributed by atoms with van der Waals surface area (Å²) in [7, 11) is 1.78. The number of halogens is 1. The Labute approximate surface area is 197 Å². The second-order valence-electron chi connectivity index (χ2n) is 8.45. The highest BCUT2D eigenvalue weighted by molar-refractivity contribution is 14.0. The molecule has 2 N–H and O–H groups in total. The summed E-state index contributed by atoms with van der Waals surface area (Å²) in [4.78, 5) is 6.86. The van der Waals surface area contributed by atoms with Gasteiger partial charge in [0.2, 0.25) is 0 Å². The highest BCUT2D eigenvalue weighted by Crippen LogP contribution is 2.18. The SMILES string of the molecule is CN=C(NCc1ccc(CN2CCCC(C)C2)cc1)NCc1cc(C(C)C)no1.I. The summed E-state index contributed by atoms with van der Waals surface area (Å²) in [5.74, 6) is 2.75. The van der Waals surface area contributed by atoms with Crippen LogP contribution in [0.2, 0.25) is 0 Å². The van der Waals surface area contributed by atoms with Gasteiger partial charge in [-0.2, -0.15) is 0 Å². The largest absolute Gasteiger partial charge is 0.359 e. The van der Waals surface area contributed by atoms with E-state index < -0.39 is 0 Å². The first-order valence-corrected chi connectivity index (χ1v) is 10.7. The van der Waals surface area contributed by atoms with E-state index in [0.29, 0.717) is 12.5 Å². The molecule has 3 rings (SSSR count). The number of aliphatic imine (C=N–C) groups is 1. The number of piperidine rings is 1. The van der Waals surface area contributed by atoms with E-state index in [0.717, 1.165) is 36.4 Å². The normalized spacial score (nSPS) is 17.6. The van der Waals surface area contributed by atoms with Crippen molar-refractivity contribution in [3.63, 3.8) is 0 Å². The van der Waals surface area contributed by atoms with E-state index >= 15 is 0 Å². The van der Waals surface area contributed by atoms with Crippen LogP contribution in [0.4, 0.5) is 0 Å². The molecule has 0 bridgehead atoms. The number of hydrogen-bond acceptors (Lipinski definition) is 4. The molecule has 1 aliphatic heterocycles. The molecule has 2 aromatic rings. The molecule has 1 fully saturated rings. The minimum Gasteiger partial charge on any atom is -0.359 e. The number of nitrogens with zero attached hydrogens (tertiary/aromatic N) is 3. The Hall–Kier alpha value is -1.61. The second-order valence-corrected chi connectivity index (χ2v) is 8.45. The molecule has 30 heavy (non-hydrogen) atoms. The van der Waals surface area contributed by atoms with Crippen LogP contribution >= 0.6 is 24.0 Å². The van der Waals surface area contributed by atoms with Crippen LogP contribution in [-0.2, 0) is 19.6 Å². The van der Waals surface area contributed by atoms with Crippen molar-refractivity contribution in [1.29, 1.82) is 0 Å². The molecular formula is C23H36IN5O. The van der Waals surface area contributed by atoms with E-state index in [1.807, 2.05) is 6.07 Å². The van der Waals surface area contributed by atoms with Crippen LogP contribution in [0.25, 0.3) is 0 Å². The van der Waals surface area contributed by atoms with Gasteiger partial charge in [-0.1, -0.05) is 50.2 Å². The van der Waals surface area contributed by atoms with Crippen molar-refractivity contribution in [3.05, 3.63) is 52.9 Å². The van der Waals surface area contributed by atoms with Gasteiger partial charge in [0.1, 0.15) is 0 Å². The van der Waals surface area contributed by atoms with Crippen molar-refractivity contribution in [2.45, 2.75) is 59.2 Å². The molecular weight excluding hydrogens is 489 g/mol. The maximum Gasteiger partial charge on any atom is 0.191 e. The monoisotopic (exact) mass is 525 g/mol. The highest BCUT2D eigenvalue weighted by Gasteiger charge is 2.16. The van der Waals surface area contributed by atoms with Gasteiger partial charge in [-0.15, -0.1) is 24.0 Å². The molecule has 0 radical (unpaired) electrons. The van der Waals surface area contributed by atoms with Crippen molar-refractivity contribution < 1.29 is 4.52 Å². The van der Waals surface area contributed by atoms with E-state index in [1.54, 1.807) is 7.05 Å². The topological polar surface area (TPSA) is 65.7 Å². The van der Waals surface area contributed by atoms with Gasteiger partial charge in [0.25, 0.3) is 0 Å². The standard InChI is InChI=1S/C23H35N5O.HI/c1-17(2)22-12-21(29-27-22)14-26-23(24-4)25-13-19-7-9-20(10-8-19)16-28-11-5-6-18(3)15-28;/h7-10,12,17-18H,5-6,11,13-16H2,1-4H3,(H2,24,25,26);1H. The lowest BCUT2D eigenvalue weighted by Crippen LogP contribution is -2.36. The van der Waals surface area contributed by atoms with Crippen LogP contribution < -0.4 is 10.6 Å². The number of rotatable bonds is 7. The smallest absolute Gasteiger partial charge is 0.191 e. The van der Waals surface area contributed by atoms with Crippen molar-refractivity contribution >= 4 is 29.9 Å². The summed E-state index contributed by atoms with van der Waals surface area (Å²) in [6.07, 6.45) is 2.69. The summed E-state index contributed by atoms with van der Waals surface area (Å²) in [6.45, 7) is 11.3. The third-order valence-electron chi connectivity index (χ3n) is 5.45. The van der Waals surface area contributed by atoms with E-state index in [9.17, 15) is 0 Å². The quantitative estimate of drug-likeness (QED) is 0.317. The minimum absolute atomic E-state index is 0. The molecule has 1 aromatic heterocycles. The lowest BCUT2D eigenvalue weighted by molar-refractivity contribution is 0.176. The number of nitrogens with one attached hydrogen (secondary N) is 2. The van der Waals surface area contributed by atoms with E-state index in [-0.39, 0.29) is 24.0 Å². The van der Waals surface area contributed by atoms with Crippen molar-refractivity contribution in [3.8, 4) is 0 Å². The Morgan fingerprint density at radius 2 is 1.90 bits per heavy atom. The fourth-order valence-corrected chi connectivity index (χ4v) is 3.71. The molecule has 2 heterocycles. The van der Waals surface area contributed by atoms with E-state index in [1.165, 1.54) is 37.1 Å². The summed E-state index contributed by atoms with van der Waals surface area (Å²) in [5, 5.41) is 10.7. The molecule has 6 nitrogen and oxygen atoms in total. The Balaban J connectivity index is 0.00000320. The Morgan fingerprint density at radius 3 is 2.53 bits per heavy atom. The summed E-state index contributed by atoms with van der Waals surface area (Å²) in [5.41, 5.74) is 3.60. The molecule has 7 heteroatoms. The van der Waals surface area contributed by atoms with Gasteiger partial charge in [-0.3, -0.25) is 9.89 Å².